The fourth-order valence-electron chi connectivity index (χ4n) is 4.03. The standard InChI is InChI=1S/C19H18FN2O/c1-4-13-16-11-12(20)9-10-17(16)22(21(2)3)18(13)14-7-5-6-8-15(14)19(22)23/h5-11H,4H2,1-3H3/q+1. The number of benzene rings is 2. The predicted molar refractivity (Wildman–Crippen MR) is 89.8 cm³/mol. The molecule has 0 aliphatic carbocycles. The van der Waals surface area contributed by atoms with Gasteiger partial charge in [-0.25, -0.2) is 9.18 Å². The summed E-state index contributed by atoms with van der Waals surface area (Å²) < 4.78 is 13.9. The molecule has 2 aliphatic rings. The van der Waals surface area contributed by atoms with Crippen LogP contribution in [0.5, 0.6) is 0 Å². The number of amides is 1. The molecule has 4 rings (SSSR count). The number of rotatable bonds is 2. The molecule has 1 atom stereocenters. The lowest BCUT2D eigenvalue weighted by atomic mass is 9.98. The topological polar surface area (TPSA) is 20.3 Å². The fraction of sp³-hybridized carbons (Fsp3) is 0.211. The largest absolute Gasteiger partial charge is 0.376 e. The molecule has 2 aromatic rings. The van der Waals surface area contributed by atoms with Gasteiger partial charge in [0.2, 0.25) is 0 Å². The third-order valence-electron chi connectivity index (χ3n) is 4.90. The van der Waals surface area contributed by atoms with Crippen molar-refractivity contribution in [3.8, 4) is 0 Å². The Morgan fingerprint density at radius 3 is 2.39 bits per heavy atom. The lowest BCUT2D eigenvalue weighted by Crippen LogP contribution is -2.57. The summed E-state index contributed by atoms with van der Waals surface area (Å²) in [6, 6.07) is 12.5. The summed E-state index contributed by atoms with van der Waals surface area (Å²) in [6.45, 7) is 2.05. The minimum Gasteiger partial charge on any atom is -0.222 e. The molecule has 0 bridgehead atoms. The highest BCUT2D eigenvalue weighted by Crippen LogP contribution is 2.56. The van der Waals surface area contributed by atoms with Gasteiger partial charge >= 0.3 is 5.91 Å². The van der Waals surface area contributed by atoms with E-state index in [2.05, 4.69) is 6.92 Å². The molecule has 1 unspecified atom stereocenters. The summed E-state index contributed by atoms with van der Waals surface area (Å²) in [7, 11) is 3.80. The van der Waals surface area contributed by atoms with Crippen LogP contribution in [0.2, 0.25) is 0 Å². The second-order valence-corrected chi connectivity index (χ2v) is 6.18. The molecule has 1 amide bonds. The molecule has 0 fully saturated rings. The smallest absolute Gasteiger partial charge is 0.222 e. The number of hydrogen-bond acceptors (Lipinski definition) is 2. The van der Waals surface area contributed by atoms with Crippen LogP contribution in [0.4, 0.5) is 10.1 Å². The van der Waals surface area contributed by atoms with Gasteiger partial charge in [-0.3, -0.25) is 0 Å². The Kier molecular flexibility index (Phi) is 2.86. The number of hydrogen-bond donors (Lipinski definition) is 0. The van der Waals surface area contributed by atoms with Crippen molar-refractivity contribution in [2.45, 2.75) is 13.3 Å². The van der Waals surface area contributed by atoms with Crippen molar-refractivity contribution in [3.05, 3.63) is 65.0 Å². The number of fused-ring (bicyclic) bond motifs is 5. The summed E-state index contributed by atoms with van der Waals surface area (Å²) >= 11 is 0. The Hall–Kier alpha value is -2.30. The van der Waals surface area contributed by atoms with E-state index < -0.39 is 0 Å². The highest BCUT2D eigenvalue weighted by Gasteiger charge is 2.60. The van der Waals surface area contributed by atoms with E-state index in [9.17, 15) is 9.18 Å². The maximum absolute atomic E-state index is 13.8. The normalized spacial score (nSPS) is 21.7. The zero-order valence-corrected chi connectivity index (χ0v) is 13.4. The van der Waals surface area contributed by atoms with Crippen LogP contribution >= 0.6 is 0 Å². The van der Waals surface area contributed by atoms with Crippen LogP contribution in [-0.2, 0) is 0 Å². The Morgan fingerprint density at radius 2 is 1.74 bits per heavy atom. The minimum atomic E-state index is -0.269. The van der Waals surface area contributed by atoms with E-state index in [1.807, 2.05) is 43.4 Å². The summed E-state index contributed by atoms with van der Waals surface area (Å²) in [5.74, 6) is -0.244. The van der Waals surface area contributed by atoms with Crippen molar-refractivity contribution in [1.29, 1.82) is 0 Å². The molecule has 2 heterocycles. The SMILES string of the molecule is CCC1=C2c3ccccc3C(=O)[N+]2(N(C)C)c2ccc(F)cc21. The summed E-state index contributed by atoms with van der Waals surface area (Å²) in [4.78, 5) is 13.4. The number of allylic oxidation sites excluding steroid dienone is 1. The zero-order valence-electron chi connectivity index (χ0n) is 13.4. The van der Waals surface area contributed by atoms with Gasteiger partial charge in [-0.1, -0.05) is 19.1 Å². The van der Waals surface area contributed by atoms with Gasteiger partial charge in [-0.05, 0) is 30.7 Å². The van der Waals surface area contributed by atoms with Crippen molar-refractivity contribution < 1.29 is 9.18 Å². The quantitative estimate of drug-likeness (QED) is 0.780. The number of quaternary nitrogens is 1. The fourth-order valence-corrected chi connectivity index (χ4v) is 4.03. The highest BCUT2D eigenvalue weighted by atomic mass is 19.1. The summed E-state index contributed by atoms with van der Waals surface area (Å²) in [6.07, 6.45) is 0.751. The van der Waals surface area contributed by atoms with E-state index in [-0.39, 0.29) is 16.3 Å². The first-order valence-electron chi connectivity index (χ1n) is 7.78. The first-order valence-corrected chi connectivity index (χ1v) is 7.78. The molecule has 0 spiro atoms. The maximum atomic E-state index is 13.8. The van der Waals surface area contributed by atoms with E-state index >= 15 is 0 Å². The van der Waals surface area contributed by atoms with Crippen LogP contribution in [0.25, 0.3) is 11.3 Å². The average Bonchev–Trinajstić information content (AvgIpc) is 2.97. The van der Waals surface area contributed by atoms with E-state index in [4.69, 9.17) is 0 Å². The molecular weight excluding hydrogens is 291 g/mol. The van der Waals surface area contributed by atoms with E-state index in [1.54, 1.807) is 12.1 Å². The molecule has 4 heteroatoms. The number of halogens is 1. The molecule has 23 heavy (non-hydrogen) atoms. The van der Waals surface area contributed by atoms with Crippen LogP contribution in [0, 0.1) is 5.82 Å². The highest BCUT2D eigenvalue weighted by molar-refractivity contribution is 6.25. The van der Waals surface area contributed by atoms with Gasteiger partial charge in [-0.2, -0.15) is 0 Å². The zero-order chi connectivity index (χ0) is 16.4. The molecule has 2 aromatic carbocycles. The molecule has 0 radical (unpaired) electrons. The van der Waals surface area contributed by atoms with Crippen molar-refractivity contribution in [1.82, 2.24) is 9.60 Å². The van der Waals surface area contributed by atoms with Gasteiger partial charge in [0.25, 0.3) is 0 Å². The maximum Gasteiger partial charge on any atom is 0.376 e. The molecule has 0 N–H and O–H groups in total. The first-order chi connectivity index (χ1) is 11.0. The number of nitrogens with zero attached hydrogens (tertiary/aromatic N) is 2. The third-order valence-corrected chi connectivity index (χ3v) is 4.90. The van der Waals surface area contributed by atoms with Gasteiger partial charge in [0.05, 0.1) is 16.7 Å². The Labute approximate surface area is 134 Å². The van der Waals surface area contributed by atoms with Crippen LogP contribution in [0.3, 0.4) is 0 Å². The summed E-state index contributed by atoms with van der Waals surface area (Å²) in [5.41, 5.74) is 5.39. The van der Waals surface area contributed by atoms with Crippen LogP contribution in [-0.4, -0.2) is 25.0 Å². The van der Waals surface area contributed by atoms with Gasteiger partial charge in [-0.15, -0.1) is 9.60 Å². The molecular formula is C19H18FN2O+. The third kappa shape index (κ3) is 1.52. The second kappa shape index (κ2) is 4.60. The lowest BCUT2D eigenvalue weighted by molar-refractivity contribution is 0.0546. The Morgan fingerprint density at radius 1 is 1.04 bits per heavy atom. The molecule has 0 aromatic heterocycles. The van der Waals surface area contributed by atoms with Crippen molar-refractivity contribution in [2.75, 3.05) is 14.1 Å². The Balaban J connectivity index is 2.18. The van der Waals surface area contributed by atoms with E-state index in [1.165, 1.54) is 6.07 Å². The molecule has 0 saturated carbocycles. The molecule has 3 nitrogen and oxygen atoms in total. The lowest BCUT2D eigenvalue weighted by Gasteiger charge is -2.34. The minimum absolute atomic E-state index is 0.0249. The Bertz CT molecular complexity index is 885. The molecule has 2 aliphatic heterocycles. The average molecular weight is 309 g/mol. The van der Waals surface area contributed by atoms with Crippen molar-refractivity contribution in [2.24, 2.45) is 0 Å². The van der Waals surface area contributed by atoms with E-state index in [0.717, 1.165) is 40.1 Å². The summed E-state index contributed by atoms with van der Waals surface area (Å²) in [5, 5.41) is 1.91. The van der Waals surface area contributed by atoms with Crippen molar-refractivity contribution in [3.63, 3.8) is 0 Å². The van der Waals surface area contributed by atoms with E-state index in [0.29, 0.717) is 0 Å². The number of carbonyl (C=O) groups is 1. The van der Waals surface area contributed by atoms with Crippen LogP contribution in [0.15, 0.2) is 42.5 Å². The first kappa shape index (κ1) is 14.3. The van der Waals surface area contributed by atoms with Crippen molar-refractivity contribution >= 4 is 22.9 Å². The van der Waals surface area contributed by atoms with Gasteiger partial charge in [0.15, 0.2) is 11.4 Å². The van der Waals surface area contributed by atoms with Crippen LogP contribution in [0.1, 0.15) is 34.8 Å². The number of carbonyl (C=O) groups excluding carboxylic acids is 1. The van der Waals surface area contributed by atoms with Gasteiger partial charge in [0.1, 0.15) is 5.82 Å². The van der Waals surface area contributed by atoms with Gasteiger partial charge < -0.3 is 0 Å². The molecule has 0 saturated heterocycles. The predicted octanol–water partition coefficient (Wildman–Crippen LogP) is 4.06. The van der Waals surface area contributed by atoms with Crippen LogP contribution < -0.4 is 4.59 Å². The monoisotopic (exact) mass is 309 g/mol. The second-order valence-electron chi connectivity index (χ2n) is 6.18. The molecule has 116 valence electrons. The van der Waals surface area contributed by atoms with Gasteiger partial charge in [0, 0.05) is 25.7 Å².